The lowest BCUT2D eigenvalue weighted by atomic mass is 9.95. The molecule has 0 radical (unpaired) electrons. The van der Waals surface area contributed by atoms with Crippen LogP contribution in [-0.2, 0) is 19.0 Å². The maximum atomic E-state index is 11.6. The molecule has 0 aromatic heterocycles. The van der Waals surface area contributed by atoms with Crippen molar-refractivity contribution < 1.29 is 19.0 Å². The van der Waals surface area contributed by atoms with Crippen molar-refractivity contribution in [2.45, 2.75) is 44.5 Å². The van der Waals surface area contributed by atoms with Gasteiger partial charge in [-0.25, -0.2) is 0 Å². The lowest BCUT2D eigenvalue weighted by Crippen LogP contribution is -2.36. The highest BCUT2D eigenvalue weighted by molar-refractivity contribution is 8.76. The Labute approximate surface area is 160 Å². The Morgan fingerprint density at radius 2 is 1.84 bits per heavy atom. The predicted octanol–water partition coefficient (Wildman–Crippen LogP) is 3.65. The maximum Gasteiger partial charge on any atom is 0.222 e. The van der Waals surface area contributed by atoms with E-state index in [9.17, 15) is 4.79 Å². The molecule has 7 heteroatoms. The van der Waals surface area contributed by atoms with Crippen LogP contribution in [0.2, 0.25) is 0 Å². The zero-order valence-electron chi connectivity index (χ0n) is 15.8. The fourth-order valence-corrected chi connectivity index (χ4v) is 4.69. The summed E-state index contributed by atoms with van der Waals surface area (Å²) in [4.78, 5) is 11.6. The zero-order chi connectivity index (χ0) is 18.4. The Morgan fingerprint density at radius 1 is 1.16 bits per heavy atom. The van der Waals surface area contributed by atoms with E-state index in [2.05, 4.69) is 31.5 Å². The molecule has 0 bridgehead atoms. The third kappa shape index (κ3) is 11.2. The number of nitrogens with one attached hydrogen (secondary N) is 1. The molecule has 0 heterocycles. The molecule has 1 N–H and O–H groups in total. The van der Waals surface area contributed by atoms with Crippen molar-refractivity contribution in [3.8, 4) is 0 Å². The van der Waals surface area contributed by atoms with Crippen LogP contribution in [0.4, 0.5) is 0 Å². The maximum absolute atomic E-state index is 11.6. The van der Waals surface area contributed by atoms with Gasteiger partial charge < -0.3 is 19.5 Å². The summed E-state index contributed by atoms with van der Waals surface area (Å²) in [7, 11) is 3.59. The average Bonchev–Trinajstić information content (AvgIpc) is 2.54. The lowest BCUT2D eigenvalue weighted by Gasteiger charge is -2.40. The highest BCUT2D eigenvalue weighted by atomic mass is 33.1. The van der Waals surface area contributed by atoms with Crippen LogP contribution in [0.3, 0.4) is 0 Å². The van der Waals surface area contributed by atoms with Gasteiger partial charge in [0.15, 0.2) is 0 Å². The minimum atomic E-state index is 0.0137. The summed E-state index contributed by atoms with van der Waals surface area (Å²) in [6.07, 6.45) is 10.0. The number of rotatable bonds is 15. The minimum Gasteiger partial charge on any atom is -0.379 e. The molecular weight excluding hydrogens is 358 g/mol. The van der Waals surface area contributed by atoms with Gasteiger partial charge in [-0.3, -0.25) is 4.79 Å². The number of ether oxygens (including phenoxy) is 3. The first kappa shape index (κ1) is 22.8. The Balaban J connectivity index is 1.86. The van der Waals surface area contributed by atoms with Crippen LogP contribution in [0.15, 0.2) is 12.2 Å². The van der Waals surface area contributed by atoms with Crippen molar-refractivity contribution in [3.63, 3.8) is 0 Å². The van der Waals surface area contributed by atoms with E-state index < -0.39 is 0 Å². The first-order valence-electron chi connectivity index (χ1n) is 9.02. The van der Waals surface area contributed by atoms with Crippen molar-refractivity contribution in [2.24, 2.45) is 5.92 Å². The second kappa shape index (κ2) is 13.9. The van der Waals surface area contributed by atoms with E-state index >= 15 is 0 Å². The molecule has 0 aliphatic heterocycles. The van der Waals surface area contributed by atoms with E-state index in [1.165, 1.54) is 6.42 Å². The van der Waals surface area contributed by atoms with Crippen LogP contribution in [-0.4, -0.2) is 56.7 Å². The molecule has 0 spiro atoms. The van der Waals surface area contributed by atoms with Gasteiger partial charge in [0.1, 0.15) is 4.93 Å². The molecule has 146 valence electrons. The number of amides is 1. The average molecular weight is 392 g/mol. The molecule has 25 heavy (non-hydrogen) atoms. The topological polar surface area (TPSA) is 56.8 Å². The fraction of sp³-hybridized carbons (Fsp3) is 0.833. The van der Waals surface area contributed by atoms with Gasteiger partial charge in [-0.2, -0.15) is 0 Å². The standard InChI is InChI=1S/C18H33NO4S2/c1-16(2)6-4-10-19-17(20)7-11-21-12-13-22-14-15-23-18(25-24-3)8-5-9-18/h4,6,16H,5,7-15H2,1-3H3,(H,19,20)/b6-4+. The highest BCUT2D eigenvalue weighted by Crippen LogP contribution is 2.49. The minimum absolute atomic E-state index is 0.0137. The SMILES string of the molecule is CSSC1(OCCOCCOCCC(=O)NC/C=C/C(C)C)CCC1. The van der Waals surface area contributed by atoms with Crippen molar-refractivity contribution in [2.75, 3.05) is 45.8 Å². The van der Waals surface area contributed by atoms with E-state index in [0.717, 1.165) is 12.8 Å². The quantitative estimate of drug-likeness (QED) is 0.199. The molecular formula is C18H33NO4S2. The Kier molecular flexibility index (Phi) is 12.7. The van der Waals surface area contributed by atoms with E-state index in [4.69, 9.17) is 14.2 Å². The highest BCUT2D eigenvalue weighted by Gasteiger charge is 2.38. The van der Waals surface area contributed by atoms with Gasteiger partial charge in [-0.15, -0.1) is 0 Å². The molecule has 0 atom stereocenters. The predicted molar refractivity (Wildman–Crippen MR) is 107 cm³/mol. The van der Waals surface area contributed by atoms with Gasteiger partial charge in [0.05, 0.1) is 33.0 Å². The molecule has 5 nitrogen and oxygen atoms in total. The summed E-state index contributed by atoms with van der Waals surface area (Å²) in [6.45, 7) is 7.46. The number of allylic oxidation sites excluding steroid dienone is 1. The van der Waals surface area contributed by atoms with E-state index in [1.54, 1.807) is 10.8 Å². The molecule has 1 aliphatic carbocycles. The van der Waals surface area contributed by atoms with E-state index in [-0.39, 0.29) is 10.8 Å². The molecule has 1 aliphatic rings. The first-order chi connectivity index (χ1) is 12.1. The molecule has 1 fully saturated rings. The van der Waals surface area contributed by atoms with Gasteiger partial charge in [0, 0.05) is 13.0 Å². The van der Waals surface area contributed by atoms with Crippen LogP contribution in [0.1, 0.15) is 39.5 Å². The van der Waals surface area contributed by atoms with Crippen LogP contribution in [0.25, 0.3) is 0 Å². The van der Waals surface area contributed by atoms with Crippen LogP contribution in [0.5, 0.6) is 0 Å². The summed E-state index contributed by atoms with van der Waals surface area (Å²) in [5, 5.41) is 2.84. The summed E-state index contributed by atoms with van der Waals surface area (Å²) >= 11 is 0. The van der Waals surface area contributed by atoms with Gasteiger partial charge in [0.25, 0.3) is 0 Å². The molecule has 1 amide bonds. The van der Waals surface area contributed by atoms with Gasteiger partial charge >= 0.3 is 0 Å². The summed E-state index contributed by atoms with van der Waals surface area (Å²) < 4.78 is 16.9. The van der Waals surface area contributed by atoms with Crippen molar-refractivity contribution in [1.82, 2.24) is 5.32 Å². The summed E-state index contributed by atoms with van der Waals surface area (Å²) in [5.41, 5.74) is 0. The van der Waals surface area contributed by atoms with Gasteiger partial charge in [0.2, 0.25) is 5.91 Å². The largest absolute Gasteiger partial charge is 0.379 e. The number of carbonyl (C=O) groups excluding carboxylic acids is 1. The van der Waals surface area contributed by atoms with E-state index in [1.807, 2.05) is 16.9 Å². The third-order valence-electron chi connectivity index (χ3n) is 3.73. The first-order valence-corrected chi connectivity index (χ1v) is 11.6. The summed E-state index contributed by atoms with van der Waals surface area (Å²) in [5.74, 6) is 0.522. The third-order valence-corrected chi connectivity index (χ3v) is 6.13. The van der Waals surface area contributed by atoms with Crippen LogP contribution in [0, 0.1) is 5.92 Å². The number of hydrogen-bond acceptors (Lipinski definition) is 6. The smallest absolute Gasteiger partial charge is 0.222 e. The molecule has 1 rings (SSSR count). The Hall–Kier alpha value is -0.210. The molecule has 0 saturated heterocycles. The van der Waals surface area contributed by atoms with Crippen LogP contribution >= 0.6 is 21.6 Å². The number of carbonyl (C=O) groups is 1. The molecule has 1 saturated carbocycles. The molecule has 0 unspecified atom stereocenters. The van der Waals surface area contributed by atoms with Crippen molar-refractivity contribution in [1.29, 1.82) is 0 Å². The molecule has 0 aromatic carbocycles. The van der Waals surface area contributed by atoms with E-state index in [0.29, 0.717) is 51.9 Å². The molecule has 0 aromatic rings. The monoisotopic (exact) mass is 391 g/mol. The lowest BCUT2D eigenvalue weighted by molar-refractivity contribution is -0.122. The van der Waals surface area contributed by atoms with Crippen molar-refractivity contribution >= 4 is 27.5 Å². The van der Waals surface area contributed by atoms with Gasteiger partial charge in [-0.05, 0) is 31.4 Å². The Bertz CT molecular complexity index is 387. The zero-order valence-corrected chi connectivity index (χ0v) is 17.4. The number of hydrogen-bond donors (Lipinski definition) is 1. The second-order valence-corrected chi connectivity index (χ2v) is 9.06. The Morgan fingerprint density at radius 3 is 2.44 bits per heavy atom. The van der Waals surface area contributed by atoms with Gasteiger partial charge in [-0.1, -0.05) is 47.6 Å². The normalized spacial score (nSPS) is 16.3. The fourth-order valence-electron chi connectivity index (χ4n) is 2.24. The van der Waals surface area contributed by atoms with Crippen LogP contribution < -0.4 is 5.32 Å². The van der Waals surface area contributed by atoms with Crippen molar-refractivity contribution in [3.05, 3.63) is 12.2 Å². The second-order valence-electron chi connectivity index (χ2n) is 6.31. The summed E-state index contributed by atoms with van der Waals surface area (Å²) in [6, 6.07) is 0.